The molecule has 4 atom stereocenters. The Morgan fingerprint density at radius 3 is 2.66 bits per heavy atom. The summed E-state index contributed by atoms with van der Waals surface area (Å²) in [5.74, 6) is 0.835. The molecule has 1 aromatic heterocycles. The molecule has 0 unspecified atom stereocenters. The third-order valence-electron chi connectivity index (χ3n) is 7.92. The van der Waals surface area contributed by atoms with Gasteiger partial charge < -0.3 is 20.7 Å². The van der Waals surface area contributed by atoms with Gasteiger partial charge in [0.05, 0.1) is 28.0 Å². The van der Waals surface area contributed by atoms with Gasteiger partial charge in [0, 0.05) is 31.7 Å². The largest absolute Gasteiger partial charge is 0.490 e. The van der Waals surface area contributed by atoms with Crippen LogP contribution in [0.15, 0.2) is 47.6 Å². The first-order valence-corrected chi connectivity index (χ1v) is 12.8. The van der Waals surface area contributed by atoms with Gasteiger partial charge in [-0.3, -0.25) is 9.78 Å². The third kappa shape index (κ3) is 4.21. The van der Waals surface area contributed by atoms with Crippen LogP contribution in [0.3, 0.4) is 0 Å². The van der Waals surface area contributed by atoms with E-state index in [9.17, 15) is 4.79 Å². The molecule has 2 aliphatic carbocycles. The molecule has 3 heterocycles. The van der Waals surface area contributed by atoms with Crippen LogP contribution in [0.5, 0.6) is 5.75 Å². The number of carbonyl (C=O) groups is 1. The molecule has 6 rings (SSSR count). The van der Waals surface area contributed by atoms with Gasteiger partial charge in [-0.15, -0.1) is 0 Å². The molecule has 0 radical (unpaired) electrons. The van der Waals surface area contributed by atoms with Gasteiger partial charge in [-0.1, -0.05) is 23.8 Å². The first-order chi connectivity index (χ1) is 17.0. The van der Waals surface area contributed by atoms with Crippen LogP contribution in [0.1, 0.15) is 30.5 Å². The summed E-state index contributed by atoms with van der Waals surface area (Å²) in [7, 11) is 2.15. The summed E-state index contributed by atoms with van der Waals surface area (Å²) in [4.78, 5) is 24.0. The number of likely N-dealkylation sites (tertiary alicyclic amines) is 1. The van der Waals surface area contributed by atoms with E-state index in [2.05, 4.69) is 46.5 Å². The van der Waals surface area contributed by atoms with Crippen molar-refractivity contribution in [3.63, 3.8) is 0 Å². The number of benzene rings is 1. The average molecular weight is 492 g/mol. The lowest BCUT2D eigenvalue weighted by atomic mass is 9.88. The lowest BCUT2D eigenvalue weighted by Crippen LogP contribution is -2.41. The molecule has 7 nitrogen and oxygen atoms in total. The van der Waals surface area contributed by atoms with E-state index in [4.69, 9.17) is 27.1 Å². The van der Waals surface area contributed by atoms with Gasteiger partial charge in [-0.2, -0.15) is 0 Å². The summed E-state index contributed by atoms with van der Waals surface area (Å²) in [5.41, 5.74) is 10.1. The van der Waals surface area contributed by atoms with E-state index in [1.807, 2.05) is 12.1 Å². The number of carbonyl (C=O) groups excluding carboxylic acids is 1. The van der Waals surface area contributed by atoms with Crippen molar-refractivity contribution in [2.75, 3.05) is 25.5 Å². The zero-order chi connectivity index (χ0) is 24.1. The lowest BCUT2D eigenvalue weighted by Gasteiger charge is -2.29. The fraction of sp³-hybridized carbons (Fsp3) is 0.444. The molecule has 2 fully saturated rings. The summed E-state index contributed by atoms with van der Waals surface area (Å²) in [5, 5.41) is 4.05. The zero-order valence-corrected chi connectivity index (χ0v) is 20.5. The van der Waals surface area contributed by atoms with Crippen molar-refractivity contribution >= 4 is 34.6 Å². The lowest BCUT2D eigenvalue weighted by molar-refractivity contribution is -0.122. The molecule has 1 aromatic carbocycles. The molecule has 2 aromatic rings. The van der Waals surface area contributed by atoms with Crippen LogP contribution < -0.4 is 15.8 Å². The fourth-order valence-corrected chi connectivity index (χ4v) is 6.19. The average Bonchev–Trinajstić information content (AvgIpc) is 3.58. The number of nitrogens with one attached hydrogen (secondary N) is 1. The number of fused-ring (bicyclic) bond motifs is 3. The molecule has 2 aliphatic heterocycles. The summed E-state index contributed by atoms with van der Waals surface area (Å²) in [6.45, 7) is 2.14. The number of pyridine rings is 1. The van der Waals surface area contributed by atoms with Gasteiger partial charge in [0.15, 0.2) is 0 Å². The van der Waals surface area contributed by atoms with Crippen molar-refractivity contribution in [1.29, 1.82) is 0 Å². The standard InChI is InChI=1S/C27H30ClN5O2/c1-33-10-8-19(9-11-33)35-18-6-4-15(5-7-18)21-13-22-26(31-21)25(20(28)14-30-22)32-24-17-3-2-16(12-17)23(24)27(29)34/h2-7,14,16-17,19,23-24H,8-13H2,1H3,(H2,29,34)(H,30,32)/t16-,17+,23+,24-/m1/s1. The maximum Gasteiger partial charge on any atom is 0.223 e. The number of primary amides is 1. The first kappa shape index (κ1) is 22.6. The molecule has 3 N–H and O–H groups in total. The highest BCUT2D eigenvalue weighted by molar-refractivity contribution is 6.34. The number of aliphatic imine (C=N–C) groups is 1. The normalized spacial score (nSPS) is 27.7. The molecule has 1 amide bonds. The SMILES string of the molecule is CN1CCC(Oc2ccc(C3=Nc4c(ncc(Cl)c4N[C@H]4[C@@H](C(N)=O)[C@@H]5C=C[C@H]4C5)C3)cc2)CC1. The number of amides is 1. The number of aromatic nitrogens is 1. The van der Waals surface area contributed by atoms with Gasteiger partial charge in [0.1, 0.15) is 17.5 Å². The van der Waals surface area contributed by atoms with Gasteiger partial charge >= 0.3 is 0 Å². The number of nitrogens with two attached hydrogens (primary N) is 1. The van der Waals surface area contributed by atoms with Crippen LogP contribution in [0.25, 0.3) is 0 Å². The number of halogens is 1. The summed E-state index contributed by atoms with van der Waals surface area (Å²) in [6.07, 6.45) is 9.92. The van der Waals surface area contributed by atoms with E-state index in [-0.39, 0.29) is 35.8 Å². The molecule has 8 heteroatoms. The second kappa shape index (κ2) is 8.95. The molecule has 1 saturated carbocycles. The second-order valence-corrected chi connectivity index (χ2v) is 10.6. The Labute approximate surface area is 210 Å². The van der Waals surface area contributed by atoms with Crippen LogP contribution in [-0.4, -0.2) is 53.8 Å². The van der Waals surface area contributed by atoms with Crippen LogP contribution in [-0.2, 0) is 11.2 Å². The Hall–Kier alpha value is -2.90. The maximum atomic E-state index is 12.2. The Bertz CT molecular complexity index is 1200. The number of allylic oxidation sites excluding steroid dienone is 1. The van der Waals surface area contributed by atoms with E-state index >= 15 is 0 Å². The Morgan fingerprint density at radius 2 is 1.91 bits per heavy atom. The first-order valence-electron chi connectivity index (χ1n) is 12.4. The summed E-state index contributed by atoms with van der Waals surface area (Å²) < 4.78 is 6.20. The van der Waals surface area contributed by atoms with Gasteiger partial charge in [0.25, 0.3) is 0 Å². The Balaban J connectivity index is 1.21. The van der Waals surface area contributed by atoms with Crippen LogP contribution in [0.2, 0.25) is 5.02 Å². The second-order valence-electron chi connectivity index (χ2n) is 10.2. The highest BCUT2D eigenvalue weighted by Crippen LogP contribution is 2.47. The van der Waals surface area contributed by atoms with Crippen molar-refractivity contribution in [3.05, 3.63) is 58.9 Å². The van der Waals surface area contributed by atoms with Crippen LogP contribution >= 0.6 is 11.6 Å². The van der Waals surface area contributed by atoms with Gasteiger partial charge in [-0.25, -0.2) is 4.99 Å². The molecule has 1 saturated heterocycles. The fourth-order valence-electron chi connectivity index (χ4n) is 6.00. The minimum atomic E-state index is -0.270. The van der Waals surface area contributed by atoms with E-state index in [0.717, 1.165) is 66.4 Å². The molecular weight excluding hydrogens is 462 g/mol. The minimum Gasteiger partial charge on any atom is -0.490 e. The van der Waals surface area contributed by atoms with Crippen LogP contribution in [0, 0.1) is 17.8 Å². The van der Waals surface area contributed by atoms with E-state index in [1.54, 1.807) is 6.20 Å². The zero-order valence-electron chi connectivity index (χ0n) is 19.8. The quantitative estimate of drug-likeness (QED) is 0.596. The number of hydrogen-bond donors (Lipinski definition) is 2. The van der Waals surface area contributed by atoms with Gasteiger partial charge in [0.2, 0.25) is 5.91 Å². The molecular formula is C27H30ClN5O2. The number of hydrogen-bond acceptors (Lipinski definition) is 6. The predicted octanol–water partition coefficient (Wildman–Crippen LogP) is 3.97. The summed E-state index contributed by atoms with van der Waals surface area (Å²) >= 11 is 6.58. The van der Waals surface area contributed by atoms with Crippen molar-refractivity contribution in [2.24, 2.45) is 28.5 Å². The van der Waals surface area contributed by atoms with Gasteiger partial charge in [-0.05, 0) is 68.0 Å². The topological polar surface area (TPSA) is 92.8 Å². The van der Waals surface area contributed by atoms with E-state index in [0.29, 0.717) is 11.4 Å². The molecule has 0 spiro atoms. The number of ether oxygens (including phenoxy) is 1. The number of piperidine rings is 1. The monoisotopic (exact) mass is 491 g/mol. The smallest absolute Gasteiger partial charge is 0.223 e. The van der Waals surface area contributed by atoms with Crippen molar-refractivity contribution in [1.82, 2.24) is 9.88 Å². The van der Waals surface area contributed by atoms with E-state index < -0.39 is 0 Å². The van der Waals surface area contributed by atoms with E-state index in [1.165, 1.54) is 0 Å². The Morgan fingerprint density at radius 1 is 1.17 bits per heavy atom. The summed E-state index contributed by atoms with van der Waals surface area (Å²) in [6, 6.07) is 8.10. The highest BCUT2D eigenvalue weighted by atomic mass is 35.5. The number of anilines is 1. The molecule has 2 bridgehead atoms. The molecule has 35 heavy (non-hydrogen) atoms. The Kier molecular flexibility index (Phi) is 5.77. The third-order valence-corrected chi connectivity index (χ3v) is 8.21. The molecule has 182 valence electrons. The van der Waals surface area contributed by atoms with Crippen LogP contribution in [0.4, 0.5) is 11.4 Å². The van der Waals surface area contributed by atoms with Crippen molar-refractivity contribution in [2.45, 2.75) is 37.8 Å². The number of nitrogens with zero attached hydrogens (tertiary/aromatic N) is 3. The van der Waals surface area contributed by atoms with Crippen molar-refractivity contribution in [3.8, 4) is 5.75 Å². The highest BCUT2D eigenvalue weighted by Gasteiger charge is 2.48. The molecule has 4 aliphatic rings. The number of rotatable bonds is 6. The minimum absolute atomic E-state index is 0.0817. The maximum absolute atomic E-state index is 12.2. The van der Waals surface area contributed by atoms with Crippen molar-refractivity contribution < 1.29 is 9.53 Å². The predicted molar refractivity (Wildman–Crippen MR) is 138 cm³/mol.